The SMILES string of the molecule is N#Cc1ccc(CC(Cn2ccnc2)c2ccc(Cl)cc2Cl)cc1. The average Bonchev–Trinajstić information content (AvgIpc) is 3.08. The van der Waals surface area contributed by atoms with Crippen molar-refractivity contribution in [3.63, 3.8) is 0 Å². The van der Waals surface area contributed by atoms with Crippen LogP contribution in [0.3, 0.4) is 0 Å². The molecule has 0 aliphatic carbocycles. The van der Waals surface area contributed by atoms with E-state index in [4.69, 9.17) is 28.5 Å². The summed E-state index contributed by atoms with van der Waals surface area (Å²) in [5, 5.41) is 10.2. The second kappa shape index (κ2) is 7.53. The van der Waals surface area contributed by atoms with Gasteiger partial charge in [-0.1, -0.05) is 41.4 Å². The molecule has 3 rings (SSSR count). The molecule has 3 aromatic rings. The number of halogens is 2. The van der Waals surface area contributed by atoms with E-state index in [1.54, 1.807) is 18.6 Å². The Bertz CT molecular complexity index is 849. The minimum atomic E-state index is 0.178. The molecule has 1 atom stereocenters. The fourth-order valence-corrected chi connectivity index (χ4v) is 3.32. The number of hydrogen-bond donors (Lipinski definition) is 0. The summed E-state index contributed by atoms with van der Waals surface area (Å²) in [5.74, 6) is 0.178. The number of rotatable bonds is 5. The molecule has 120 valence electrons. The van der Waals surface area contributed by atoms with Crippen molar-refractivity contribution in [1.29, 1.82) is 5.26 Å². The van der Waals surface area contributed by atoms with Gasteiger partial charge in [-0.15, -0.1) is 0 Å². The van der Waals surface area contributed by atoms with E-state index in [-0.39, 0.29) is 5.92 Å². The predicted molar refractivity (Wildman–Crippen MR) is 96.3 cm³/mol. The number of aromatic nitrogens is 2. The summed E-state index contributed by atoms with van der Waals surface area (Å²) in [6, 6.07) is 15.4. The molecule has 24 heavy (non-hydrogen) atoms. The quantitative estimate of drug-likeness (QED) is 0.639. The Morgan fingerprint density at radius 2 is 1.92 bits per heavy atom. The molecule has 1 aromatic heterocycles. The molecule has 0 aliphatic rings. The molecule has 3 nitrogen and oxygen atoms in total. The third-order valence-corrected chi connectivity index (χ3v) is 4.52. The van der Waals surface area contributed by atoms with Gasteiger partial charge in [0.05, 0.1) is 18.0 Å². The highest BCUT2D eigenvalue weighted by Gasteiger charge is 2.17. The molecular weight excluding hydrogens is 341 g/mol. The van der Waals surface area contributed by atoms with Crippen LogP contribution in [0, 0.1) is 11.3 Å². The van der Waals surface area contributed by atoms with Crippen molar-refractivity contribution in [1.82, 2.24) is 9.55 Å². The lowest BCUT2D eigenvalue weighted by Gasteiger charge is -2.20. The maximum Gasteiger partial charge on any atom is 0.0991 e. The molecule has 0 amide bonds. The van der Waals surface area contributed by atoms with Crippen molar-refractivity contribution in [2.75, 3.05) is 0 Å². The summed E-state index contributed by atoms with van der Waals surface area (Å²) < 4.78 is 2.04. The van der Waals surface area contributed by atoms with Gasteiger partial charge >= 0.3 is 0 Å². The molecule has 0 saturated heterocycles. The van der Waals surface area contributed by atoms with Gasteiger partial charge in [0.25, 0.3) is 0 Å². The lowest BCUT2D eigenvalue weighted by atomic mass is 9.91. The molecule has 0 aliphatic heterocycles. The molecule has 0 radical (unpaired) electrons. The summed E-state index contributed by atoms with van der Waals surface area (Å²) in [7, 11) is 0. The van der Waals surface area contributed by atoms with Crippen LogP contribution in [0.25, 0.3) is 0 Å². The molecule has 0 spiro atoms. The highest BCUT2D eigenvalue weighted by molar-refractivity contribution is 6.35. The monoisotopic (exact) mass is 355 g/mol. The first-order valence-corrected chi connectivity index (χ1v) is 8.31. The summed E-state index contributed by atoms with van der Waals surface area (Å²) >= 11 is 12.5. The molecule has 0 N–H and O–H groups in total. The molecular formula is C19H15Cl2N3. The van der Waals surface area contributed by atoms with Gasteiger partial charge in [0.2, 0.25) is 0 Å². The summed E-state index contributed by atoms with van der Waals surface area (Å²) in [6.07, 6.45) is 6.32. The first-order valence-electron chi connectivity index (χ1n) is 7.55. The van der Waals surface area contributed by atoms with Gasteiger partial charge in [-0.25, -0.2) is 4.98 Å². The predicted octanol–water partition coefficient (Wildman–Crippen LogP) is 5.09. The van der Waals surface area contributed by atoms with E-state index in [0.29, 0.717) is 15.6 Å². The zero-order valence-electron chi connectivity index (χ0n) is 12.9. The first kappa shape index (κ1) is 16.6. The second-order valence-electron chi connectivity index (χ2n) is 5.64. The summed E-state index contributed by atoms with van der Waals surface area (Å²) in [5.41, 5.74) is 2.87. The van der Waals surface area contributed by atoms with Crippen LogP contribution in [0.15, 0.2) is 61.2 Å². The number of benzene rings is 2. The first-order chi connectivity index (χ1) is 11.7. The second-order valence-corrected chi connectivity index (χ2v) is 6.48. The topological polar surface area (TPSA) is 41.6 Å². The largest absolute Gasteiger partial charge is 0.337 e. The third-order valence-electron chi connectivity index (χ3n) is 3.96. The van der Waals surface area contributed by atoms with Gasteiger partial charge < -0.3 is 4.57 Å². The summed E-state index contributed by atoms with van der Waals surface area (Å²) in [6.45, 7) is 0.765. The molecule has 5 heteroatoms. The van der Waals surface area contributed by atoms with Crippen LogP contribution in [-0.4, -0.2) is 9.55 Å². The van der Waals surface area contributed by atoms with Crippen molar-refractivity contribution in [3.05, 3.63) is 87.9 Å². The number of imidazole rings is 1. The van der Waals surface area contributed by atoms with E-state index in [2.05, 4.69) is 11.1 Å². The number of nitriles is 1. The van der Waals surface area contributed by atoms with Crippen LogP contribution in [0.5, 0.6) is 0 Å². The van der Waals surface area contributed by atoms with Crippen LogP contribution in [-0.2, 0) is 13.0 Å². The third kappa shape index (κ3) is 3.97. The van der Waals surface area contributed by atoms with Crippen molar-refractivity contribution in [2.45, 2.75) is 18.9 Å². The van der Waals surface area contributed by atoms with Gasteiger partial charge in [-0.3, -0.25) is 0 Å². The fraction of sp³-hybridized carbons (Fsp3) is 0.158. The van der Waals surface area contributed by atoms with Crippen molar-refractivity contribution in [2.24, 2.45) is 0 Å². The van der Waals surface area contributed by atoms with Gasteiger partial charge in [-0.05, 0) is 41.8 Å². The van der Waals surface area contributed by atoms with Gasteiger partial charge in [0, 0.05) is 34.9 Å². The highest BCUT2D eigenvalue weighted by Crippen LogP contribution is 2.31. The van der Waals surface area contributed by atoms with Crippen LogP contribution in [0.1, 0.15) is 22.6 Å². The minimum absolute atomic E-state index is 0.178. The van der Waals surface area contributed by atoms with E-state index in [1.807, 2.05) is 47.2 Å². The number of nitrogens with zero attached hydrogens (tertiary/aromatic N) is 3. The number of hydrogen-bond acceptors (Lipinski definition) is 2. The summed E-state index contributed by atoms with van der Waals surface area (Å²) in [4.78, 5) is 4.11. The minimum Gasteiger partial charge on any atom is -0.337 e. The zero-order chi connectivity index (χ0) is 16.9. The van der Waals surface area contributed by atoms with Crippen molar-refractivity contribution < 1.29 is 0 Å². The fourth-order valence-electron chi connectivity index (χ4n) is 2.75. The molecule has 1 heterocycles. The Morgan fingerprint density at radius 1 is 1.12 bits per heavy atom. The van der Waals surface area contributed by atoms with Crippen molar-refractivity contribution >= 4 is 23.2 Å². The Hall–Kier alpha value is -2.28. The average molecular weight is 356 g/mol. The van der Waals surface area contributed by atoms with Gasteiger partial charge in [0.15, 0.2) is 0 Å². The van der Waals surface area contributed by atoms with Crippen LogP contribution in [0.4, 0.5) is 0 Å². The van der Waals surface area contributed by atoms with E-state index >= 15 is 0 Å². The highest BCUT2D eigenvalue weighted by atomic mass is 35.5. The molecule has 0 saturated carbocycles. The molecule has 0 fully saturated rings. The van der Waals surface area contributed by atoms with Crippen LogP contribution >= 0.6 is 23.2 Å². The van der Waals surface area contributed by atoms with E-state index < -0.39 is 0 Å². The normalized spacial score (nSPS) is 11.9. The van der Waals surface area contributed by atoms with Crippen LogP contribution < -0.4 is 0 Å². The smallest absolute Gasteiger partial charge is 0.0991 e. The Balaban J connectivity index is 1.90. The van der Waals surface area contributed by atoms with Gasteiger partial charge in [0.1, 0.15) is 0 Å². The lowest BCUT2D eigenvalue weighted by molar-refractivity contribution is 0.556. The molecule has 1 unspecified atom stereocenters. The standard InChI is InChI=1S/C19H15Cl2N3/c20-17-5-6-18(19(21)10-17)16(12-24-8-7-23-13-24)9-14-1-3-15(11-22)4-2-14/h1-8,10,13,16H,9,12H2. The van der Waals surface area contributed by atoms with E-state index in [1.165, 1.54) is 0 Å². The van der Waals surface area contributed by atoms with E-state index in [0.717, 1.165) is 24.1 Å². The van der Waals surface area contributed by atoms with Gasteiger partial charge in [-0.2, -0.15) is 5.26 Å². The maximum absolute atomic E-state index is 8.93. The zero-order valence-corrected chi connectivity index (χ0v) is 14.4. The lowest BCUT2D eigenvalue weighted by Crippen LogP contribution is -2.11. The van der Waals surface area contributed by atoms with E-state index in [9.17, 15) is 0 Å². The Kier molecular flexibility index (Phi) is 5.20. The van der Waals surface area contributed by atoms with Crippen molar-refractivity contribution in [3.8, 4) is 6.07 Å². The maximum atomic E-state index is 8.93. The van der Waals surface area contributed by atoms with Crippen LogP contribution in [0.2, 0.25) is 10.0 Å². The Labute approximate surface area is 151 Å². The molecule has 0 bridgehead atoms. The molecule has 2 aromatic carbocycles. The Morgan fingerprint density at radius 3 is 2.54 bits per heavy atom.